The Morgan fingerprint density at radius 3 is 3.19 bits per heavy atom. The molecule has 3 heterocycles. The lowest BCUT2D eigenvalue weighted by molar-refractivity contribution is 0.314. The lowest BCUT2D eigenvalue weighted by Crippen LogP contribution is -2.45. The molecule has 6 N–H and O–H groups in total. The molecule has 0 bridgehead atoms. The van der Waals surface area contributed by atoms with E-state index >= 15 is 0 Å². The van der Waals surface area contributed by atoms with Gasteiger partial charge in [0.15, 0.2) is 5.66 Å². The number of anilines is 2. The predicted molar refractivity (Wildman–Crippen MR) is 67.7 cm³/mol. The summed E-state index contributed by atoms with van der Waals surface area (Å²) in [7, 11) is 0. The Bertz CT molecular complexity index is 434. The summed E-state index contributed by atoms with van der Waals surface area (Å²) in [5, 5.41) is 8.34. The zero-order valence-corrected chi connectivity index (χ0v) is 9.68. The Balaban J connectivity index is 2.06. The highest BCUT2D eigenvalue weighted by atomic mass is 32.1. The molecule has 0 spiro atoms. The third kappa shape index (κ3) is 1.27. The first-order valence-corrected chi connectivity index (χ1v) is 6.27. The number of fused-ring (bicyclic) bond motifs is 1. The van der Waals surface area contributed by atoms with Gasteiger partial charge in [0.1, 0.15) is 0 Å². The van der Waals surface area contributed by atoms with Gasteiger partial charge in [0.2, 0.25) is 0 Å². The van der Waals surface area contributed by atoms with Gasteiger partial charge in [0, 0.05) is 17.8 Å². The predicted octanol–water partition coefficient (Wildman–Crippen LogP) is 0.505. The second-order valence-corrected chi connectivity index (χ2v) is 5.19. The van der Waals surface area contributed by atoms with Crippen molar-refractivity contribution in [1.82, 2.24) is 5.32 Å². The molecule has 0 saturated carbocycles. The number of aliphatic imine (C=N–C) groups is 1. The summed E-state index contributed by atoms with van der Waals surface area (Å²) < 4.78 is 0. The minimum atomic E-state index is -0.605. The number of nitrogens with one attached hydrogen (secondary N) is 2. The molecule has 86 valence electrons. The first kappa shape index (κ1) is 10.1. The third-order valence-electron chi connectivity index (χ3n) is 3.35. The molecular formula is C10H15N5S. The van der Waals surface area contributed by atoms with Crippen molar-refractivity contribution in [3.8, 4) is 0 Å². The molecule has 2 aliphatic rings. The zero-order chi connectivity index (χ0) is 11.2. The average molecular weight is 237 g/mol. The second-order valence-electron chi connectivity index (χ2n) is 4.31. The highest BCUT2D eigenvalue weighted by Gasteiger charge is 2.42. The largest absolute Gasteiger partial charge is 0.396 e. The van der Waals surface area contributed by atoms with Gasteiger partial charge >= 0.3 is 0 Å². The first-order chi connectivity index (χ1) is 7.72. The van der Waals surface area contributed by atoms with Gasteiger partial charge in [-0.15, -0.1) is 11.3 Å². The Morgan fingerprint density at radius 2 is 2.44 bits per heavy atom. The van der Waals surface area contributed by atoms with Crippen molar-refractivity contribution < 1.29 is 0 Å². The highest BCUT2D eigenvalue weighted by Crippen LogP contribution is 2.44. The van der Waals surface area contributed by atoms with Gasteiger partial charge in [-0.05, 0) is 13.0 Å². The summed E-state index contributed by atoms with van der Waals surface area (Å²) in [6, 6.07) is 0. The van der Waals surface area contributed by atoms with Crippen molar-refractivity contribution in [1.29, 1.82) is 0 Å². The molecule has 1 aromatic rings. The van der Waals surface area contributed by atoms with Gasteiger partial charge in [-0.2, -0.15) is 0 Å². The van der Waals surface area contributed by atoms with Crippen LogP contribution in [0.15, 0.2) is 10.4 Å². The van der Waals surface area contributed by atoms with E-state index in [9.17, 15) is 0 Å². The van der Waals surface area contributed by atoms with Gasteiger partial charge in [-0.25, -0.2) is 4.99 Å². The Morgan fingerprint density at radius 1 is 1.56 bits per heavy atom. The molecule has 0 amide bonds. The van der Waals surface area contributed by atoms with E-state index in [1.54, 1.807) is 17.7 Å². The van der Waals surface area contributed by atoms with Crippen LogP contribution >= 0.6 is 11.3 Å². The van der Waals surface area contributed by atoms with E-state index in [1.165, 1.54) is 0 Å². The zero-order valence-electron chi connectivity index (χ0n) is 8.86. The van der Waals surface area contributed by atoms with Gasteiger partial charge in [0.25, 0.3) is 0 Å². The molecule has 1 saturated heterocycles. The van der Waals surface area contributed by atoms with Crippen molar-refractivity contribution in [3.63, 3.8) is 0 Å². The Labute approximate surface area is 97.9 Å². The molecule has 0 aromatic carbocycles. The molecule has 1 fully saturated rings. The average Bonchev–Trinajstić information content (AvgIpc) is 2.89. The number of hydrogen-bond acceptors (Lipinski definition) is 6. The van der Waals surface area contributed by atoms with Crippen LogP contribution in [0.5, 0.6) is 0 Å². The van der Waals surface area contributed by atoms with Crippen LogP contribution in [0.3, 0.4) is 0 Å². The molecule has 5 nitrogen and oxygen atoms in total. The molecule has 16 heavy (non-hydrogen) atoms. The SMILES string of the molecule is Nc1csc2c1NC=NC2(N)[C@@H]1CCNC1. The van der Waals surface area contributed by atoms with E-state index < -0.39 is 5.66 Å². The monoisotopic (exact) mass is 237 g/mol. The summed E-state index contributed by atoms with van der Waals surface area (Å²) in [5.74, 6) is 0.350. The maximum absolute atomic E-state index is 6.47. The lowest BCUT2D eigenvalue weighted by Gasteiger charge is -2.33. The molecule has 0 radical (unpaired) electrons. The van der Waals surface area contributed by atoms with E-state index in [-0.39, 0.29) is 0 Å². The van der Waals surface area contributed by atoms with Gasteiger partial charge < -0.3 is 22.1 Å². The minimum absolute atomic E-state index is 0.350. The summed E-state index contributed by atoms with van der Waals surface area (Å²) in [6.45, 7) is 1.94. The van der Waals surface area contributed by atoms with E-state index in [2.05, 4.69) is 15.6 Å². The Hall–Kier alpha value is -1.11. The minimum Gasteiger partial charge on any atom is -0.396 e. The van der Waals surface area contributed by atoms with Crippen molar-refractivity contribution in [3.05, 3.63) is 10.3 Å². The quantitative estimate of drug-likeness (QED) is 0.573. The fourth-order valence-electron chi connectivity index (χ4n) is 2.40. The summed E-state index contributed by atoms with van der Waals surface area (Å²) in [5.41, 5.74) is 13.5. The fourth-order valence-corrected chi connectivity index (χ4v) is 3.46. The van der Waals surface area contributed by atoms with Crippen molar-refractivity contribution >= 4 is 29.1 Å². The van der Waals surface area contributed by atoms with Crippen molar-refractivity contribution in [2.75, 3.05) is 24.1 Å². The van der Waals surface area contributed by atoms with Gasteiger partial charge in [0.05, 0.1) is 22.6 Å². The second kappa shape index (κ2) is 3.44. The maximum atomic E-state index is 6.47. The normalized spacial score (nSPS) is 32.4. The van der Waals surface area contributed by atoms with Crippen LogP contribution in [0.1, 0.15) is 11.3 Å². The summed E-state index contributed by atoms with van der Waals surface area (Å²) in [6.07, 6.45) is 2.73. The maximum Gasteiger partial charge on any atom is 0.150 e. The van der Waals surface area contributed by atoms with Crippen LogP contribution in [0.4, 0.5) is 11.4 Å². The van der Waals surface area contributed by atoms with Crippen LogP contribution in [0.2, 0.25) is 0 Å². The standard InChI is InChI=1S/C10H15N5S/c11-7-4-16-9-8(7)14-5-15-10(9,12)6-1-2-13-3-6/h4-6,13H,1-3,11-12H2,(H,14,15)/t6-,10?/m1/s1. The van der Waals surface area contributed by atoms with Crippen molar-refractivity contribution in [2.45, 2.75) is 12.1 Å². The molecule has 2 atom stereocenters. The first-order valence-electron chi connectivity index (χ1n) is 5.39. The molecule has 3 rings (SSSR count). The Kier molecular flexibility index (Phi) is 2.17. The molecular weight excluding hydrogens is 222 g/mol. The van der Waals surface area contributed by atoms with Crippen LogP contribution in [-0.4, -0.2) is 19.4 Å². The van der Waals surface area contributed by atoms with Gasteiger partial charge in [-0.1, -0.05) is 0 Å². The molecule has 1 unspecified atom stereocenters. The number of nitrogens with two attached hydrogens (primary N) is 2. The molecule has 2 aliphatic heterocycles. The molecule has 1 aromatic heterocycles. The third-order valence-corrected chi connectivity index (χ3v) is 4.49. The summed E-state index contributed by atoms with van der Waals surface area (Å²) in [4.78, 5) is 5.51. The fraction of sp³-hybridized carbons (Fsp3) is 0.500. The van der Waals surface area contributed by atoms with Crippen LogP contribution in [0.25, 0.3) is 0 Å². The number of hydrogen-bond donors (Lipinski definition) is 4. The van der Waals surface area contributed by atoms with Crippen molar-refractivity contribution in [2.24, 2.45) is 16.6 Å². The van der Waals surface area contributed by atoms with Crippen LogP contribution < -0.4 is 22.1 Å². The number of rotatable bonds is 1. The number of thiophene rings is 1. The van der Waals surface area contributed by atoms with E-state index in [0.29, 0.717) is 5.92 Å². The number of nitrogens with zero attached hydrogens (tertiary/aromatic N) is 1. The van der Waals surface area contributed by atoms with E-state index in [0.717, 1.165) is 35.8 Å². The van der Waals surface area contributed by atoms with Crippen LogP contribution in [-0.2, 0) is 5.66 Å². The van der Waals surface area contributed by atoms with Gasteiger partial charge in [-0.3, -0.25) is 0 Å². The molecule has 6 heteroatoms. The highest BCUT2D eigenvalue weighted by molar-refractivity contribution is 7.11. The number of nitrogen functional groups attached to an aromatic ring is 1. The van der Waals surface area contributed by atoms with E-state index in [4.69, 9.17) is 11.5 Å². The van der Waals surface area contributed by atoms with Crippen LogP contribution in [0, 0.1) is 5.92 Å². The topological polar surface area (TPSA) is 88.5 Å². The van der Waals surface area contributed by atoms with E-state index in [1.807, 2.05) is 5.38 Å². The molecule has 0 aliphatic carbocycles. The summed E-state index contributed by atoms with van der Waals surface area (Å²) >= 11 is 1.59. The smallest absolute Gasteiger partial charge is 0.150 e. The lowest BCUT2D eigenvalue weighted by atomic mass is 9.90.